The van der Waals surface area contributed by atoms with Crippen LogP contribution in [-0.2, 0) is 49.8 Å². The number of aromatic nitrogens is 2. The van der Waals surface area contributed by atoms with Crippen LogP contribution in [0.1, 0.15) is 130 Å². The van der Waals surface area contributed by atoms with Crippen molar-refractivity contribution < 1.29 is 53.8 Å². The first kappa shape index (κ1) is 55.1. The molecular formula is C48H64Cl3N3O12S3. The molecule has 5 aromatic rings. The van der Waals surface area contributed by atoms with E-state index < -0.39 is 57.1 Å². The van der Waals surface area contributed by atoms with Crippen LogP contribution in [0.2, 0.25) is 15.1 Å². The van der Waals surface area contributed by atoms with E-state index in [-0.39, 0.29) is 69.6 Å². The highest BCUT2D eigenvalue weighted by molar-refractivity contribution is 7.93. The minimum atomic E-state index is -3.82. The van der Waals surface area contributed by atoms with Crippen LogP contribution in [0.25, 0.3) is 22.2 Å². The molecule has 3 unspecified atom stereocenters. The number of halogens is 3. The van der Waals surface area contributed by atoms with Crippen LogP contribution < -0.4 is 5.73 Å². The van der Waals surface area contributed by atoms with Gasteiger partial charge in [-0.2, -0.15) is 0 Å². The van der Waals surface area contributed by atoms with E-state index in [9.17, 15) is 35.5 Å². The fraction of sp³-hybridized carbons (Fsp3) is 0.583. The van der Waals surface area contributed by atoms with Gasteiger partial charge in [0.2, 0.25) is 11.8 Å². The van der Waals surface area contributed by atoms with Crippen LogP contribution in [-0.4, -0.2) is 93.7 Å². The fourth-order valence-electron chi connectivity index (χ4n) is 9.16. The van der Waals surface area contributed by atoms with Gasteiger partial charge in [-0.1, -0.05) is 115 Å². The van der Waals surface area contributed by atoms with Crippen LogP contribution in [0.15, 0.2) is 59.9 Å². The van der Waals surface area contributed by atoms with Gasteiger partial charge in [0.05, 0.1) is 54.8 Å². The van der Waals surface area contributed by atoms with Gasteiger partial charge in [0.25, 0.3) is 0 Å². The normalized spacial score (nSPS) is 23.0. The summed E-state index contributed by atoms with van der Waals surface area (Å²) in [4.78, 5) is 8.59. The quantitative estimate of drug-likeness (QED) is 0.0967. The van der Waals surface area contributed by atoms with Crippen molar-refractivity contribution in [3.8, 4) is 5.75 Å². The number of ether oxygens (including phenoxy) is 2. The molecule has 0 spiro atoms. The third-order valence-corrected chi connectivity index (χ3v) is 21.2. The van der Waals surface area contributed by atoms with E-state index >= 15 is 0 Å². The van der Waals surface area contributed by atoms with Crippen molar-refractivity contribution in [2.75, 3.05) is 20.0 Å². The molecule has 3 aromatic carbocycles. The molecule has 69 heavy (non-hydrogen) atoms. The number of phenolic OH excluding ortho intramolecular Hbond substituents is 1. The summed E-state index contributed by atoms with van der Waals surface area (Å²) < 4.78 is 101. The largest absolute Gasteiger partial charge is 0.504 e. The smallest absolute Gasteiger partial charge is 0.200 e. The topological polar surface area (TPSA) is 239 Å². The number of oxazole rings is 2. The van der Waals surface area contributed by atoms with Crippen molar-refractivity contribution >= 4 is 92.2 Å². The molecule has 21 heteroatoms. The molecule has 4 N–H and O–H groups in total. The van der Waals surface area contributed by atoms with Crippen molar-refractivity contribution in [3.63, 3.8) is 0 Å². The number of sulfone groups is 3. The summed E-state index contributed by atoms with van der Waals surface area (Å²) in [6, 6.07) is 9.23. The van der Waals surface area contributed by atoms with Gasteiger partial charge >= 0.3 is 0 Å². The van der Waals surface area contributed by atoms with Crippen LogP contribution in [0.3, 0.4) is 0 Å². The van der Waals surface area contributed by atoms with E-state index in [0.29, 0.717) is 54.9 Å². The number of aliphatic hydroxyl groups is 1. The molecule has 2 aromatic heterocycles. The molecule has 0 radical (unpaired) electrons. The van der Waals surface area contributed by atoms with Gasteiger partial charge < -0.3 is 34.3 Å². The first-order valence-electron chi connectivity index (χ1n) is 23.1. The van der Waals surface area contributed by atoms with Gasteiger partial charge in [-0.05, 0) is 74.9 Å². The van der Waals surface area contributed by atoms with Crippen LogP contribution in [0.4, 0.5) is 5.69 Å². The van der Waals surface area contributed by atoms with Crippen LogP contribution in [0.5, 0.6) is 5.75 Å². The lowest BCUT2D eigenvalue weighted by molar-refractivity contribution is 0.0736. The highest BCUT2D eigenvalue weighted by atomic mass is 35.5. The number of hydrogen-bond donors (Lipinski definition) is 3. The Morgan fingerprint density at radius 2 is 0.913 bits per heavy atom. The number of anilines is 1. The minimum Gasteiger partial charge on any atom is -0.504 e. The molecule has 6 atom stereocenters. The fourth-order valence-corrected chi connectivity index (χ4v) is 17.0. The summed E-state index contributed by atoms with van der Waals surface area (Å²) in [6.07, 6.45) is 6.99. The second-order valence-electron chi connectivity index (χ2n) is 20.0. The zero-order valence-corrected chi connectivity index (χ0v) is 44.9. The highest BCUT2D eigenvalue weighted by Crippen LogP contribution is 2.43. The van der Waals surface area contributed by atoms with E-state index in [1.165, 1.54) is 25.3 Å². The molecule has 0 bridgehead atoms. The lowest BCUT2D eigenvalue weighted by atomic mass is 9.97. The Bertz CT molecular complexity index is 2980. The molecule has 2 heterocycles. The molecule has 8 rings (SSSR count). The Morgan fingerprint density at radius 1 is 0.565 bits per heavy atom. The predicted molar refractivity (Wildman–Crippen MR) is 269 cm³/mol. The average molecular weight is 1080 g/mol. The number of aliphatic hydroxyl groups excluding tert-OH is 1. The molecule has 0 aliphatic heterocycles. The predicted octanol–water partition coefficient (Wildman–Crippen LogP) is 10.7. The maximum atomic E-state index is 13.4. The van der Waals surface area contributed by atoms with Crippen LogP contribution in [0, 0.1) is 0 Å². The standard InChI is InChI=1S/C18H24ClNO4S.C17H22ClNO4S.C13H18ClNO4S/c1-18(2,3)17-20-12-10-9-11(19)16(15(12)24-17)25(21,22)14-8-6-5-7-13(14)23-4;1-17(2,3)16-19-11-9-8-10(18)15(14(11)23-16)24(21,22)13-7-5-4-6-12(13)20;1-19-10-4-2-3-5-11(10)20(17,18)13-8(14)6-7-9(15)12(13)16/h9-10,13-14H,5-8H2,1-4H3;8-9,12-13,20H,4-7H2,1-3H3;6-7,10-11,16H,2-5,15H2,1H3/t13-,14?;12-,13?;10-,11?/m000/s1. The Labute approximate surface area is 420 Å². The van der Waals surface area contributed by atoms with Crippen molar-refractivity contribution in [1.82, 2.24) is 9.97 Å². The van der Waals surface area contributed by atoms with E-state index in [1.807, 2.05) is 41.5 Å². The first-order chi connectivity index (χ1) is 32.2. The Hall–Kier alpha value is -3.20. The molecule has 3 fully saturated rings. The number of fused-ring (bicyclic) bond motifs is 2. The molecule has 0 saturated heterocycles. The number of phenols is 1. The Morgan fingerprint density at radius 3 is 1.32 bits per heavy atom. The van der Waals surface area contributed by atoms with Crippen molar-refractivity contribution in [2.24, 2.45) is 0 Å². The second kappa shape index (κ2) is 21.5. The number of methoxy groups -OCH3 is 2. The monoisotopic (exact) mass is 1080 g/mol. The second-order valence-corrected chi connectivity index (χ2v) is 27.6. The molecule has 3 aliphatic rings. The van der Waals surface area contributed by atoms with Crippen molar-refractivity contribution in [2.45, 2.75) is 178 Å². The maximum Gasteiger partial charge on any atom is 0.200 e. The third kappa shape index (κ3) is 11.5. The number of aromatic hydroxyl groups is 1. The lowest BCUT2D eigenvalue weighted by Crippen LogP contribution is -2.38. The van der Waals surface area contributed by atoms with Gasteiger partial charge in [-0.15, -0.1) is 0 Å². The summed E-state index contributed by atoms with van der Waals surface area (Å²) in [5, 5.41) is 18.3. The van der Waals surface area contributed by atoms with Gasteiger partial charge in [0.15, 0.2) is 46.4 Å². The van der Waals surface area contributed by atoms with Gasteiger partial charge in [0.1, 0.15) is 25.7 Å². The van der Waals surface area contributed by atoms with Crippen LogP contribution >= 0.6 is 34.8 Å². The molecule has 0 amide bonds. The van der Waals surface area contributed by atoms with Crippen molar-refractivity contribution in [1.29, 1.82) is 0 Å². The Balaban J connectivity index is 0.000000171. The lowest BCUT2D eigenvalue weighted by Gasteiger charge is -2.30. The van der Waals surface area contributed by atoms with E-state index in [4.69, 9.17) is 58.8 Å². The first-order valence-corrected chi connectivity index (χ1v) is 28.9. The number of nitrogens with zero attached hydrogens (tertiary/aromatic N) is 2. The van der Waals surface area contributed by atoms with E-state index in [0.717, 1.165) is 44.9 Å². The Kier molecular flexibility index (Phi) is 17.2. The molecule has 382 valence electrons. The summed E-state index contributed by atoms with van der Waals surface area (Å²) in [6.45, 7) is 11.7. The van der Waals surface area contributed by atoms with Gasteiger partial charge in [-0.3, -0.25) is 0 Å². The van der Waals surface area contributed by atoms with Gasteiger partial charge in [-0.25, -0.2) is 35.2 Å². The third-order valence-electron chi connectivity index (χ3n) is 12.9. The SMILES string of the molecule is CC(C)(C)c1nc2ccc(Cl)c(S(=O)(=O)C3CCCC[C@@H]3O)c2o1.CO[C@H]1CCCCC1S(=O)(=O)c1c(Cl)ccc(N)c1O.CO[C@H]1CCCCC1S(=O)(=O)c1c(Cl)ccc2nc(C(C)(C)C)oc12. The van der Waals surface area contributed by atoms with Crippen molar-refractivity contribution in [3.05, 3.63) is 63.2 Å². The highest BCUT2D eigenvalue weighted by Gasteiger charge is 2.42. The summed E-state index contributed by atoms with van der Waals surface area (Å²) >= 11 is 18.5. The number of nitrogens with two attached hydrogens (primary N) is 1. The average Bonchev–Trinajstić information content (AvgIpc) is 3.94. The molecular weight excluding hydrogens is 1010 g/mol. The molecule has 3 saturated carbocycles. The maximum absolute atomic E-state index is 13.4. The number of nitrogen functional groups attached to an aromatic ring is 1. The minimum absolute atomic E-state index is 0.00208. The summed E-state index contributed by atoms with van der Waals surface area (Å²) in [7, 11) is -8.25. The van der Waals surface area contributed by atoms with Gasteiger partial charge in [0, 0.05) is 25.0 Å². The zero-order valence-electron chi connectivity index (χ0n) is 40.2. The number of benzene rings is 3. The summed E-state index contributed by atoms with van der Waals surface area (Å²) in [5.41, 5.74) is 6.31. The number of rotatable bonds is 8. The number of hydrogen-bond acceptors (Lipinski definition) is 15. The molecule has 15 nitrogen and oxygen atoms in total. The van der Waals surface area contributed by atoms with E-state index in [1.54, 1.807) is 25.3 Å². The van der Waals surface area contributed by atoms with E-state index in [2.05, 4.69) is 9.97 Å². The molecule has 3 aliphatic carbocycles. The summed E-state index contributed by atoms with van der Waals surface area (Å²) in [5.74, 6) is 0.478. The zero-order chi connectivity index (χ0) is 51.0.